The highest BCUT2D eigenvalue weighted by Crippen LogP contribution is 2.20. The summed E-state index contributed by atoms with van der Waals surface area (Å²) >= 11 is 0. The van der Waals surface area contributed by atoms with E-state index in [2.05, 4.69) is 26.3 Å². The average molecular weight is 499 g/mol. The molecule has 192 valence electrons. The number of para-hydroxylation sites is 1. The van der Waals surface area contributed by atoms with Crippen molar-refractivity contribution in [2.75, 3.05) is 18.9 Å². The number of carbonyl (C=O) groups is 3. The Labute approximate surface area is 208 Å². The summed E-state index contributed by atoms with van der Waals surface area (Å²) in [6.45, 7) is 0.576. The second kappa shape index (κ2) is 14.2. The van der Waals surface area contributed by atoms with Gasteiger partial charge < -0.3 is 32.2 Å². The van der Waals surface area contributed by atoms with E-state index in [0.29, 0.717) is 36.2 Å². The lowest BCUT2D eigenvalue weighted by molar-refractivity contribution is -0.139. The average Bonchev–Trinajstić information content (AvgIpc) is 3.22. The standard InChI is InChI=1S/C24H26FN5O4.CH5N/c25-21-17-5-1-2-6-18(17)29-22(21)23(32)30-19(24(33)34)13-15-8-10-16(11-9-15)28-20(31)7-3-4-12-27-14-26;1-2/h1-2,5-6,8-11,14,19,29H,3-4,7,12-13H2,(H2,26,27)(H,28,31)(H,30,32)(H,33,34);2H2,1H3. The van der Waals surface area contributed by atoms with Crippen molar-refractivity contribution in [2.24, 2.45) is 16.5 Å². The number of aliphatic carboxylic acids is 1. The summed E-state index contributed by atoms with van der Waals surface area (Å²) in [5.41, 5.74) is 11.0. The highest BCUT2D eigenvalue weighted by atomic mass is 19.1. The zero-order valence-corrected chi connectivity index (χ0v) is 20.0. The lowest BCUT2D eigenvalue weighted by atomic mass is 10.1. The molecule has 10 nitrogen and oxygen atoms in total. The molecule has 1 heterocycles. The first-order valence-electron chi connectivity index (χ1n) is 11.4. The predicted molar refractivity (Wildman–Crippen MR) is 137 cm³/mol. The third kappa shape index (κ3) is 7.91. The maximum atomic E-state index is 14.6. The van der Waals surface area contributed by atoms with Crippen LogP contribution in [0.2, 0.25) is 0 Å². The van der Waals surface area contributed by atoms with E-state index in [0.717, 1.165) is 6.42 Å². The van der Waals surface area contributed by atoms with Gasteiger partial charge in [0.25, 0.3) is 5.91 Å². The summed E-state index contributed by atoms with van der Waals surface area (Å²) in [6, 6.07) is 11.9. The normalized spacial score (nSPS) is 11.5. The SMILES string of the molecule is CN.NC=NCCCCC(=O)Nc1ccc(CC(NC(=O)c2[nH]c3ccccc3c2F)C(=O)O)cc1. The van der Waals surface area contributed by atoms with Gasteiger partial charge in [-0.15, -0.1) is 0 Å². The van der Waals surface area contributed by atoms with Crippen molar-refractivity contribution in [3.8, 4) is 0 Å². The minimum Gasteiger partial charge on any atom is -0.480 e. The van der Waals surface area contributed by atoms with Gasteiger partial charge in [-0.2, -0.15) is 0 Å². The zero-order chi connectivity index (χ0) is 26.5. The molecule has 11 heteroatoms. The number of aromatic amines is 1. The zero-order valence-electron chi connectivity index (χ0n) is 20.0. The molecule has 1 aromatic heterocycles. The van der Waals surface area contributed by atoms with E-state index in [-0.39, 0.29) is 23.4 Å². The van der Waals surface area contributed by atoms with Crippen molar-refractivity contribution < 1.29 is 23.9 Å². The van der Waals surface area contributed by atoms with Crippen LogP contribution in [0, 0.1) is 5.82 Å². The monoisotopic (exact) mass is 498 g/mol. The Balaban J connectivity index is 0.00000222. The number of carboxylic acid groups (broad SMARTS) is 1. The molecule has 36 heavy (non-hydrogen) atoms. The van der Waals surface area contributed by atoms with Gasteiger partial charge in [-0.3, -0.25) is 14.6 Å². The van der Waals surface area contributed by atoms with Crippen LogP contribution < -0.4 is 22.1 Å². The number of hydrogen-bond donors (Lipinski definition) is 6. The Morgan fingerprint density at radius 2 is 1.81 bits per heavy atom. The van der Waals surface area contributed by atoms with E-state index in [4.69, 9.17) is 5.73 Å². The number of benzene rings is 2. The number of nitrogens with two attached hydrogens (primary N) is 2. The summed E-state index contributed by atoms with van der Waals surface area (Å²) in [6.07, 6.45) is 3.00. The number of hydrogen-bond acceptors (Lipinski definition) is 5. The number of H-pyrrole nitrogens is 1. The molecule has 0 fully saturated rings. The number of amides is 2. The van der Waals surface area contributed by atoms with Crippen LogP contribution in [-0.4, -0.2) is 53.8 Å². The first kappa shape index (κ1) is 28.0. The van der Waals surface area contributed by atoms with E-state index in [9.17, 15) is 23.9 Å². The van der Waals surface area contributed by atoms with Crippen molar-refractivity contribution in [3.63, 3.8) is 0 Å². The Morgan fingerprint density at radius 1 is 1.11 bits per heavy atom. The molecule has 1 atom stereocenters. The summed E-state index contributed by atoms with van der Waals surface area (Å²) in [7, 11) is 1.50. The fourth-order valence-electron chi connectivity index (χ4n) is 3.44. The van der Waals surface area contributed by atoms with E-state index in [1.807, 2.05) is 0 Å². The number of aromatic nitrogens is 1. The van der Waals surface area contributed by atoms with Gasteiger partial charge in [0.15, 0.2) is 5.82 Å². The number of nitrogens with zero attached hydrogens (tertiary/aromatic N) is 1. The molecule has 3 aromatic rings. The minimum absolute atomic E-state index is 0.0151. The third-order valence-electron chi connectivity index (χ3n) is 5.20. The van der Waals surface area contributed by atoms with Crippen molar-refractivity contribution in [1.29, 1.82) is 0 Å². The molecule has 3 rings (SSSR count). The smallest absolute Gasteiger partial charge is 0.326 e. The van der Waals surface area contributed by atoms with Crippen LogP contribution in [0.5, 0.6) is 0 Å². The van der Waals surface area contributed by atoms with Crippen LogP contribution in [0.3, 0.4) is 0 Å². The number of nitrogens with one attached hydrogen (secondary N) is 3. The molecule has 2 amide bonds. The second-order valence-corrected chi connectivity index (χ2v) is 7.69. The van der Waals surface area contributed by atoms with Gasteiger partial charge >= 0.3 is 5.97 Å². The van der Waals surface area contributed by atoms with Crippen molar-refractivity contribution in [2.45, 2.75) is 31.7 Å². The highest BCUT2D eigenvalue weighted by molar-refractivity contribution is 6.00. The molecule has 0 spiro atoms. The second-order valence-electron chi connectivity index (χ2n) is 7.69. The molecule has 0 aliphatic heterocycles. The van der Waals surface area contributed by atoms with E-state index < -0.39 is 23.7 Å². The molecule has 0 saturated heterocycles. The first-order valence-corrected chi connectivity index (χ1v) is 11.4. The van der Waals surface area contributed by atoms with Crippen LogP contribution in [0.1, 0.15) is 35.3 Å². The molecule has 0 saturated carbocycles. The molecule has 8 N–H and O–H groups in total. The quantitative estimate of drug-likeness (QED) is 0.134. The highest BCUT2D eigenvalue weighted by Gasteiger charge is 2.25. The van der Waals surface area contributed by atoms with Gasteiger partial charge in [0.1, 0.15) is 11.7 Å². The Bertz CT molecular complexity index is 1190. The van der Waals surface area contributed by atoms with E-state index in [1.54, 1.807) is 42.5 Å². The number of rotatable bonds is 11. The fourth-order valence-corrected chi connectivity index (χ4v) is 3.44. The van der Waals surface area contributed by atoms with Gasteiger partial charge in [0, 0.05) is 36.0 Å². The maximum absolute atomic E-state index is 14.6. The number of halogens is 1. The van der Waals surface area contributed by atoms with Crippen LogP contribution in [0.25, 0.3) is 10.9 Å². The molecule has 0 radical (unpaired) electrons. The van der Waals surface area contributed by atoms with Crippen molar-refractivity contribution in [1.82, 2.24) is 10.3 Å². The van der Waals surface area contributed by atoms with Crippen LogP contribution >= 0.6 is 0 Å². The van der Waals surface area contributed by atoms with Gasteiger partial charge in [0.2, 0.25) is 5.91 Å². The topological polar surface area (TPSA) is 176 Å². The molecular formula is C25H31FN6O4. The Morgan fingerprint density at radius 3 is 2.44 bits per heavy atom. The molecule has 0 aliphatic carbocycles. The number of carbonyl (C=O) groups excluding carboxylic acids is 2. The van der Waals surface area contributed by atoms with Crippen LogP contribution in [-0.2, 0) is 16.0 Å². The Kier molecular flexibility index (Phi) is 11.1. The number of anilines is 1. The third-order valence-corrected chi connectivity index (χ3v) is 5.20. The van der Waals surface area contributed by atoms with E-state index in [1.165, 1.54) is 19.5 Å². The van der Waals surface area contributed by atoms with Gasteiger partial charge in [-0.05, 0) is 49.7 Å². The maximum Gasteiger partial charge on any atom is 0.326 e. The molecule has 0 aliphatic rings. The Hall–Kier alpha value is -4.25. The van der Waals surface area contributed by atoms with Gasteiger partial charge in [-0.1, -0.05) is 24.3 Å². The van der Waals surface area contributed by atoms with Gasteiger partial charge in [-0.25, -0.2) is 9.18 Å². The summed E-state index contributed by atoms with van der Waals surface area (Å²) in [4.78, 5) is 42.9. The van der Waals surface area contributed by atoms with Crippen LogP contribution in [0.15, 0.2) is 53.5 Å². The molecule has 0 bridgehead atoms. The lowest BCUT2D eigenvalue weighted by Crippen LogP contribution is -2.42. The minimum atomic E-state index is -1.27. The molecule has 1 unspecified atom stereocenters. The molecular weight excluding hydrogens is 467 g/mol. The predicted octanol–water partition coefficient (Wildman–Crippen LogP) is 2.40. The first-order chi connectivity index (χ1) is 17.4. The van der Waals surface area contributed by atoms with Crippen LogP contribution in [0.4, 0.5) is 10.1 Å². The fraction of sp³-hybridized carbons (Fsp3) is 0.280. The number of aliphatic imine (C=N–C) groups is 1. The number of unbranched alkanes of at least 4 members (excludes halogenated alkanes) is 1. The summed E-state index contributed by atoms with van der Waals surface area (Å²) in [5, 5.41) is 15.0. The lowest BCUT2D eigenvalue weighted by Gasteiger charge is -2.15. The van der Waals surface area contributed by atoms with Crippen molar-refractivity contribution >= 4 is 40.7 Å². The number of carboxylic acids is 1. The van der Waals surface area contributed by atoms with Gasteiger partial charge in [0.05, 0.1) is 6.34 Å². The summed E-state index contributed by atoms with van der Waals surface area (Å²) in [5.74, 6) is -2.96. The largest absolute Gasteiger partial charge is 0.480 e. The molecule has 2 aromatic carbocycles. The summed E-state index contributed by atoms with van der Waals surface area (Å²) < 4.78 is 14.6. The van der Waals surface area contributed by atoms with Crippen molar-refractivity contribution in [3.05, 3.63) is 65.6 Å². The van der Waals surface area contributed by atoms with E-state index >= 15 is 0 Å². The number of fused-ring (bicyclic) bond motifs is 1.